The number of amides is 1. The molecule has 2 aromatic carbocycles. The summed E-state index contributed by atoms with van der Waals surface area (Å²) in [7, 11) is 0. The van der Waals surface area contributed by atoms with Crippen molar-refractivity contribution in [3.05, 3.63) is 107 Å². The predicted octanol–water partition coefficient (Wildman–Crippen LogP) is 5.02. The first-order chi connectivity index (χ1) is 15.1. The number of rotatable bonds is 7. The number of hydrogen-bond acceptors (Lipinski definition) is 4. The van der Waals surface area contributed by atoms with Crippen molar-refractivity contribution in [2.75, 3.05) is 0 Å². The van der Waals surface area contributed by atoms with E-state index in [0.717, 1.165) is 22.6 Å². The lowest BCUT2D eigenvalue weighted by molar-refractivity contribution is 0.0947. The summed E-state index contributed by atoms with van der Waals surface area (Å²) in [5, 5.41) is 3.74. The molecule has 5 nitrogen and oxygen atoms in total. The van der Waals surface area contributed by atoms with E-state index in [0.29, 0.717) is 17.1 Å². The normalized spacial score (nSPS) is 10.8. The molecule has 0 aliphatic carbocycles. The fourth-order valence-corrected chi connectivity index (χ4v) is 4.22. The highest BCUT2D eigenvalue weighted by atomic mass is 32.2. The van der Waals surface area contributed by atoms with Crippen LogP contribution in [0.3, 0.4) is 0 Å². The van der Waals surface area contributed by atoms with Crippen molar-refractivity contribution in [3.8, 4) is 0 Å². The third-order valence-electron chi connectivity index (χ3n) is 5.08. The zero-order valence-electron chi connectivity index (χ0n) is 17.6. The van der Waals surface area contributed by atoms with Crippen LogP contribution in [0.25, 0.3) is 0 Å². The van der Waals surface area contributed by atoms with Gasteiger partial charge in [-0.25, -0.2) is 9.97 Å². The highest BCUT2D eigenvalue weighted by molar-refractivity contribution is 7.99. The van der Waals surface area contributed by atoms with Crippen molar-refractivity contribution in [2.24, 2.45) is 0 Å². The number of benzene rings is 2. The van der Waals surface area contributed by atoms with Gasteiger partial charge in [-0.3, -0.25) is 4.79 Å². The van der Waals surface area contributed by atoms with Crippen molar-refractivity contribution in [2.45, 2.75) is 36.9 Å². The molecule has 1 N–H and O–H groups in total. The van der Waals surface area contributed by atoms with Crippen molar-refractivity contribution in [3.63, 3.8) is 0 Å². The van der Waals surface area contributed by atoms with Gasteiger partial charge < -0.3 is 9.88 Å². The maximum atomic E-state index is 12.9. The predicted molar refractivity (Wildman–Crippen MR) is 123 cm³/mol. The van der Waals surface area contributed by atoms with Crippen LogP contribution in [0.4, 0.5) is 0 Å². The zero-order valence-corrected chi connectivity index (χ0v) is 18.4. The van der Waals surface area contributed by atoms with Gasteiger partial charge >= 0.3 is 0 Å². The lowest BCUT2D eigenvalue weighted by Crippen LogP contribution is -2.23. The van der Waals surface area contributed by atoms with Crippen molar-refractivity contribution >= 4 is 17.7 Å². The second-order valence-corrected chi connectivity index (χ2v) is 8.50. The molecule has 0 radical (unpaired) electrons. The van der Waals surface area contributed by atoms with E-state index in [9.17, 15) is 4.79 Å². The lowest BCUT2D eigenvalue weighted by Gasteiger charge is -2.11. The van der Waals surface area contributed by atoms with Gasteiger partial charge in [0.05, 0.1) is 11.9 Å². The van der Waals surface area contributed by atoms with Crippen LogP contribution >= 0.6 is 11.8 Å². The standard InChI is InChI=1S/C25H24N4OS/c1-18-8-9-22(13-19(18)2)31-25-23(7-4-10-27-25)24(30)28-15-20-5-3-6-21(14-20)16-29-12-11-26-17-29/h3-14,17H,15-16H2,1-2H3,(H,28,30). The molecule has 2 heterocycles. The molecular formula is C25H24N4OS. The molecule has 0 fully saturated rings. The van der Waals surface area contributed by atoms with Gasteiger partial charge in [-0.1, -0.05) is 42.1 Å². The quantitative estimate of drug-likeness (QED) is 0.449. The number of carbonyl (C=O) groups is 1. The Bertz CT molecular complexity index is 1190. The largest absolute Gasteiger partial charge is 0.348 e. The Morgan fingerprint density at radius 2 is 1.87 bits per heavy atom. The second-order valence-electron chi connectivity index (χ2n) is 7.44. The molecule has 31 heavy (non-hydrogen) atoms. The van der Waals surface area contributed by atoms with Crippen LogP contribution in [-0.4, -0.2) is 20.4 Å². The van der Waals surface area contributed by atoms with Crippen molar-refractivity contribution < 1.29 is 4.79 Å². The summed E-state index contributed by atoms with van der Waals surface area (Å²) in [4.78, 5) is 22.5. The van der Waals surface area contributed by atoms with Gasteiger partial charge in [-0.05, 0) is 60.4 Å². The Balaban J connectivity index is 1.44. The number of hydrogen-bond donors (Lipinski definition) is 1. The van der Waals surface area contributed by atoms with Crippen molar-refractivity contribution in [1.82, 2.24) is 19.9 Å². The highest BCUT2D eigenvalue weighted by Crippen LogP contribution is 2.30. The molecule has 1 amide bonds. The van der Waals surface area contributed by atoms with Crippen LogP contribution in [0.2, 0.25) is 0 Å². The molecule has 156 valence electrons. The van der Waals surface area contributed by atoms with E-state index < -0.39 is 0 Å². The summed E-state index contributed by atoms with van der Waals surface area (Å²) in [6.07, 6.45) is 7.22. The number of nitrogens with one attached hydrogen (secondary N) is 1. The number of aryl methyl sites for hydroxylation is 2. The Kier molecular flexibility index (Phi) is 6.48. The molecule has 0 bridgehead atoms. The molecule has 0 saturated carbocycles. The van der Waals surface area contributed by atoms with Crippen LogP contribution in [0, 0.1) is 13.8 Å². The van der Waals surface area contributed by atoms with Crippen LogP contribution < -0.4 is 5.32 Å². The van der Waals surface area contributed by atoms with E-state index in [2.05, 4.69) is 59.5 Å². The fraction of sp³-hybridized carbons (Fsp3) is 0.160. The fourth-order valence-electron chi connectivity index (χ4n) is 3.24. The zero-order chi connectivity index (χ0) is 21.6. The minimum atomic E-state index is -0.126. The molecule has 0 aliphatic heterocycles. The maximum Gasteiger partial charge on any atom is 0.254 e. The van der Waals surface area contributed by atoms with Gasteiger partial charge in [-0.15, -0.1) is 0 Å². The minimum absolute atomic E-state index is 0.126. The highest BCUT2D eigenvalue weighted by Gasteiger charge is 2.14. The first-order valence-electron chi connectivity index (χ1n) is 10.1. The second kappa shape index (κ2) is 9.62. The van der Waals surface area contributed by atoms with Crippen LogP contribution in [0.1, 0.15) is 32.6 Å². The first-order valence-corrected chi connectivity index (χ1v) is 10.9. The van der Waals surface area contributed by atoms with E-state index in [-0.39, 0.29) is 5.91 Å². The smallest absolute Gasteiger partial charge is 0.254 e. The van der Waals surface area contributed by atoms with E-state index >= 15 is 0 Å². The molecule has 0 aliphatic rings. The third-order valence-corrected chi connectivity index (χ3v) is 6.09. The molecule has 2 aromatic heterocycles. The summed E-state index contributed by atoms with van der Waals surface area (Å²) in [5.74, 6) is -0.126. The molecule has 0 spiro atoms. The monoisotopic (exact) mass is 428 g/mol. The Labute approximate surface area is 186 Å². The topological polar surface area (TPSA) is 59.8 Å². The SMILES string of the molecule is Cc1ccc(Sc2ncccc2C(=O)NCc2cccc(Cn3ccnc3)c2)cc1C. The van der Waals surface area contributed by atoms with Gasteiger partial charge in [0.2, 0.25) is 0 Å². The van der Waals surface area contributed by atoms with Crippen LogP contribution in [-0.2, 0) is 13.1 Å². The number of aromatic nitrogens is 3. The molecule has 4 aromatic rings. The molecule has 4 rings (SSSR count). The average molecular weight is 429 g/mol. The minimum Gasteiger partial charge on any atom is -0.348 e. The van der Waals surface area contributed by atoms with Gasteiger partial charge in [0, 0.05) is 36.6 Å². The van der Waals surface area contributed by atoms with E-state index in [1.165, 1.54) is 22.9 Å². The summed E-state index contributed by atoms with van der Waals surface area (Å²) in [6.45, 7) is 5.39. The van der Waals surface area contributed by atoms with Crippen LogP contribution in [0.5, 0.6) is 0 Å². The van der Waals surface area contributed by atoms with Gasteiger partial charge in [0.15, 0.2) is 0 Å². The van der Waals surface area contributed by atoms with Crippen molar-refractivity contribution in [1.29, 1.82) is 0 Å². The van der Waals surface area contributed by atoms with Gasteiger partial charge in [-0.2, -0.15) is 0 Å². The number of imidazole rings is 1. The molecule has 6 heteroatoms. The molecular weight excluding hydrogens is 404 g/mol. The number of nitrogens with zero attached hydrogens (tertiary/aromatic N) is 3. The Morgan fingerprint density at radius 1 is 1.00 bits per heavy atom. The summed E-state index contributed by atoms with van der Waals surface area (Å²) >= 11 is 1.51. The number of pyridine rings is 1. The third kappa shape index (κ3) is 5.41. The van der Waals surface area contributed by atoms with E-state index in [1.54, 1.807) is 24.8 Å². The van der Waals surface area contributed by atoms with Gasteiger partial charge in [0.1, 0.15) is 5.03 Å². The lowest BCUT2D eigenvalue weighted by atomic mass is 10.1. The maximum absolute atomic E-state index is 12.9. The average Bonchev–Trinajstić information content (AvgIpc) is 3.28. The van der Waals surface area contributed by atoms with Crippen LogP contribution in [0.15, 0.2) is 89.4 Å². The summed E-state index contributed by atoms with van der Waals surface area (Å²) in [5.41, 5.74) is 5.27. The van der Waals surface area contributed by atoms with E-state index in [4.69, 9.17) is 0 Å². The van der Waals surface area contributed by atoms with Gasteiger partial charge in [0.25, 0.3) is 5.91 Å². The first kappa shape index (κ1) is 20.9. The molecule has 0 unspecified atom stereocenters. The van der Waals surface area contributed by atoms with E-state index in [1.807, 2.05) is 29.0 Å². The molecule has 0 atom stereocenters. The Morgan fingerprint density at radius 3 is 2.68 bits per heavy atom. The summed E-state index contributed by atoms with van der Waals surface area (Å²) < 4.78 is 2.02. The number of carbonyl (C=O) groups excluding carboxylic acids is 1. The Hall–Kier alpha value is -3.38. The molecule has 0 saturated heterocycles. The summed E-state index contributed by atoms with van der Waals surface area (Å²) in [6, 6.07) is 18.1.